The van der Waals surface area contributed by atoms with E-state index in [0.29, 0.717) is 48.5 Å². The molecular weight excluding hydrogens is 615 g/mol. The minimum Gasteiger partial charge on any atom is -0.494 e. The highest BCUT2D eigenvalue weighted by Gasteiger charge is 2.35. The van der Waals surface area contributed by atoms with Gasteiger partial charge in [0, 0.05) is 38.5 Å². The van der Waals surface area contributed by atoms with Gasteiger partial charge in [0.15, 0.2) is 0 Å². The summed E-state index contributed by atoms with van der Waals surface area (Å²) in [7, 11) is -2.12. The summed E-state index contributed by atoms with van der Waals surface area (Å²) < 4.78 is 82.2. The Hall–Kier alpha value is -4.11. The molecule has 0 fully saturated rings. The third-order valence-corrected chi connectivity index (χ3v) is 7.21. The van der Waals surface area contributed by atoms with Gasteiger partial charge >= 0.3 is 12.1 Å². The van der Waals surface area contributed by atoms with Crippen LogP contribution in [0.5, 0.6) is 5.75 Å². The van der Waals surface area contributed by atoms with Gasteiger partial charge in [0.25, 0.3) is 0 Å². The second-order valence-corrected chi connectivity index (χ2v) is 13.0. The molecule has 2 N–H and O–H groups in total. The van der Waals surface area contributed by atoms with E-state index < -0.39 is 33.2 Å². The lowest BCUT2D eigenvalue weighted by molar-refractivity contribution is -0.156. The number of carbonyl (C=O) groups excluding carboxylic acids is 1. The van der Waals surface area contributed by atoms with E-state index in [9.17, 15) is 26.4 Å². The van der Waals surface area contributed by atoms with Gasteiger partial charge in [-0.3, -0.25) is 9.10 Å². The Labute approximate surface area is 261 Å². The standard InChI is InChI=1S/C30H38F3N5O6S/c1-29(2,3)44-26(39)14-17-42-15-7-16-43-24-12-10-22(11-13-24)36-28-35-20-25(30(31,32)33)27(37-28)34-19-21-8-6-9-23(18-21)38(4)45(5,40)41/h6,8-13,18,20H,7,14-17,19H2,1-5H3,(H2,34,35,36,37). The maximum Gasteiger partial charge on any atom is 0.421 e. The fourth-order valence-corrected chi connectivity index (χ4v) is 4.29. The molecule has 246 valence electrons. The molecule has 0 radical (unpaired) electrons. The van der Waals surface area contributed by atoms with Gasteiger partial charge in [0.1, 0.15) is 22.7 Å². The Morgan fingerprint density at radius 3 is 2.38 bits per heavy atom. The van der Waals surface area contributed by atoms with Gasteiger partial charge < -0.3 is 24.8 Å². The van der Waals surface area contributed by atoms with Gasteiger partial charge in [-0.05, 0) is 62.7 Å². The van der Waals surface area contributed by atoms with Crippen LogP contribution in [0.3, 0.4) is 0 Å². The van der Waals surface area contributed by atoms with Crippen LogP contribution in [0.1, 0.15) is 44.7 Å². The van der Waals surface area contributed by atoms with Crippen LogP contribution in [0.2, 0.25) is 0 Å². The molecule has 1 aromatic heterocycles. The van der Waals surface area contributed by atoms with Crippen LogP contribution in [0, 0.1) is 0 Å². The summed E-state index contributed by atoms with van der Waals surface area (Å²) in [6.07, 6.45) is -2.19. The Kier molecular flexibility index (Phi) is 12.0. The van der Waals surface area contributed by atoms with E-state index in [-0.39, 0.29) is 31.5 Å². The highest BCUT2D eigenvalue weighted by atomic mass is 32.2. The van der Waals surface area contributed by atoms with Crippen molar-refractivity contribution in [3.05, 3.63) is 65.9 Å². The summed E-state index contributed by atoms with van der Waals surface area (Å²) in [4.78, 5) is 19.6. The number of carbonyl (C=O) groups is 1. The van der Waals surface area contributed by atoms with Gasteiger partial charge in [-0.25, -0.2) is 13.4 Å². The molecule has 3 rings (SSSR count). The van der Waals surface area contributed by atoms with Crippen LogP contribution in [0.25, 0.3) is 0 Å². The quantitative estimate of drug-likeness (QED) is 0.154. The van der Waals surface area contributed by atoms with E-state index >= 15 is 0 Å². The van der Waals surface area contributed by atoms with Gasteiger partial charge in [-0.15, -0.1) is 0 Å². The van der Waals surface area contributed by atoms with E-state index in [1.807, 2.05) is 0 Å². The molecule has 15 heteroatoms. The average Bonchev–Trinajstić information content (AvgIpc) is 2.94. The number of hydrogen-bond acceptors (Lipinski definition) is 10. The number of esters is 1. The molecule has 11 nitrogen and oxygen atoms in total. The van der Waals surface area contributed by atoms with E-state index in [1.54, 1.807) is 69.3 Å². The van der Waals surface area contributed by atoms with Crippen molar-refractivity contribution in [2.75, 3.05) is 48.1 Å². The van der Waals surface area contributed by atoms with Crippen LogP contribution < -0.4 is 19.7 Å². The van der Waals surface area contributed by atoms with Gasteiger partial charge in [0.2, 0.25) is 16.0 Å². The molecule has 0 atom stereocenters. The molecule has 0 saturated heterocycles. The minimum atomic E-state index is -4.71. The first kappa shape index (κ1) is 35.4. The Balaban J connectivity index is 1.54. The Morgan fingerprint density at radius 2 is 1.73 bits per heavy atom. The molecule has 0 unspecified atom stereocenters. The van der Waals surface area contributed by atoms with Crippen LogP contribution >= 0.6 is 0 Å². The van der Waals surface area contributed by atoms with Gasteiger partial charge in [-0.2, -0.15) is 18.2 Å². The molecule has 0 aliphatic heterocycles. The number of sulfonamides is 1. The topological polar surface area (TPSA) is 132 Å². The summed E-state index contributed by atoms with van der Waals surface area (Å²) in [6, 6.07) is 13.1. The first-order valence-electron chi connectivity index (χ1n) is 14.0. The number of nitrogens with one attached hydrogen (secondary N) is 2. The highest BCUT2D eigenvalue weighted by molar-refractivity contribution is 7.92. The van der Waals surface area contributed by atoms with Crippen LogP contribution in [0.15, 0.2) is 54.7 Å². The van der Waals surface area contributed by atoms with Crippen LogP contribution in [-0.2, 0) is 37.0 Å². The average molecular weight is 654 g/mol. The number of anilines is 4. The zero-order chi connectivity index (χ0) is 33.3. The monoisotopic (exact) mass is 653 g/mol. The van der Waals surface area contributed by atoms with Crippen molar-refractivity contribution in [2.45, 2.75) is 51.9 Å². The smallest absolute Gasteiger partial charge is 0.421 e. The second kappa shape index (κ2) is 15.3. The minimum absolute atomic E-state index is 0.0498. The molecule has 0 spiro atoms. The molecule has 45 heavy (non-hydrogen) atoms. The summed E-state index contributed by atoms with van der Waals surface area (Å²) in [5.41, 5.74) is -0.135. The summed E-state index contributed by atoms with van der Waals surface area (Å²) >= 11 is 0. The summed E-state index contributed by atoms with van der Waals surface area (Å²) in [5, 5.41) is 5.59. The maximum absolute atomic E-state index is 13.7. The summed E-state index contributed by atoms with van der Waals surface area (Å²) in [6.45, 7) is 6.41. The molecule has 3 aromatic rings. The van der Waals surface area contributed by atoms with Crippen molar-refractivity contribution in [3.63, 3.8) is 0 Å². The lowest BCUT2D eigenvalue weighted by atomic mass is 10.2. The lowest BCUT2D eigenvalue weighted by Gasteiger charge is -2.19. The fourth-order valence-electron chi connectivity index (χ4n) is 3.79. The zero-order valence-corrected chi connectivity index (χ0v) is 26.6. The van der Waals surface area contributed by atoms with Crippen LogP contribution in [-0.4, -0.2) is 63.1 Å². The maximum atomic E-state index is 13.7. The second-order valence-electron chi connectivity index (χ2n) is 11.0. The first-order chi connectivity index (χ1) is 21.0. The fraction of sp³-hybridized carbons (Fsp3) is 0.433. The molecule has 0 bridgehead atoms. The van der Waals surface area contributed by atoms with E-state index in [2.05, 4.69) is 20.6 Å². The number of hydrogen-bond donors (Lipinski definition) is 2. The van der Waals surface area contributed by atoms with Crippen molar-refractivity contribution >= 4 is 39.1 Å². The van der Waals surface area contributed by atoms with Gasteiger partial charge in [-0.1, -0.05) is 12.1 Å². The Morgan fingerprint density at radius 1 is 1.02 bits per heavy atom. The van der Waals surface area contributed by atoms with Crippen molar-refractivity contribution in [1.29, 1.82) is 0 Å². The molecule has 2 aromatic carbocycles. The molecule has 1 heterocycles. The number of benzene rings is 2. The molecule has 0 aliphatic rings. The van der Waals surface area contributed by atoms with E-state index in [0.717, 1.165) is 10.6 Å². The molecule has 0 aliphatic carbocycles. The lowest BCUT2D eigenvalue weighted by Crippen LogP contribution is -2.24. The molecular formula is C30H38F3N5O6S. The van der Waals surface area contributed by atoms with Crippen LogP contribution in [0.4, 0.5) is 36.3 Å². The van der Waals surface area contributed by atoms with Crippen molar-refractivity contribution in [2.24, 2.45) is 0 Å². The van der Waals surface area contributed by atoms with E-state index in [1.165, 1.54) is 7.05 Å². The van der Waals surface area contributed by atoms with Crippen molar-refractivity contribution in [3.8, 4) is 5.75 Å². The number of nitrogens with zero attached hydrogens (tertiary/aromatic N) is 3. The number of alkyl halides is 3. The molecule has 0 saturated carbocycles. The van der Waals surface area contributed by atoms with Crippen molar-refractivity contribution in [1.82, 2.24) is 9.97 Å². The number of rotatable bonds is 15. The normalized spacial score (nSPS) is 12.0. The SMILES string of the molecule is CN(c1cccc(CNc2nc(Nc3ccc(OCCCOCCC(=O)OC(C)(C)C)cc3)ncc2C(F)(F)F)c1)S(C)(=O)=O. The largest absolute Gasteiger partial charge is 0.494 e. The summed E-state index contributed by atoms with van der Waals surface area (Å²) in [5.74, 6) is -0.235. The predicted molar refractivity (Wildman–Crippen MR) is 165 cm³/mol. The number of halogens is 3. The number of aromatic nitrogens is 2. The number of ether oxygens (including phenoxy) is 3. The highest BCUT2D eigenvalue weighted by Crippen LogP contribution is 2.34. The third-order valence-electron chi connectivity index (χ3n) is 6.01. The predicted octanol–water partition coefficient (Wildman–Crippen LogP) is 5.76. The van der Waals surface area contributed by atoms with Crippen molar-refractivity contribution < 1.29 is 40.6 Å². The Bertz CT molecular complexity index is 1530. The third kappa shape index (κ3) is 12.1. The van der Waals surface area contributed by atoms with Gasteiger partial charge in [0.05, 0.1) is 31.6 Å². The molecule has 0 amide bonds. The zero-order valence-electron chi connectivity index (χ0n) is 25.8. The van der Waals surface area contributed by atoms with E-state index in [4.69, 9.17) is 14.2 Å². The first-order valence-corrected chi connectivity index (χ1v) is 15.9.